The maximum atomic E-state index is 8.94. The lowest BCUT2D eigenvalue weighted by atomic mass is 10.2. The number of nitrogens with zero attached hydrogens (tertiary/aromatic N) is 5. The highest BCUT2D eigenvalue weighted by atomic mass is 79.9. The molecule has 0 saturated carbocycles. The van der Waals surface area contributed by atoms with Gasteiger partial charge in [-0.1, -0.05) is 11.3 Å². The Morgan fingerprint density at radius 3 is 2.64 bits per heavy atom. The van der Waals surface area contributed by atoms with Crippen LogP contribution in [0.1, 0.15) is 12.0 Å². The van der Waals surface area contributed by atoms with Gasteiger partial charge in [0.05, 0.1) is 11.6 Å². The van der Waals surface area contributed by atoms with Crippen LogP contribution >= 0.6 is 27.3 Å². The number of fused-ring (bicyclic) bond motifs is 1. The molecule has 0 radical (unpaired) electrons. The minimum atomic E-state index is 0.702. The maximum absolute atomic E-state index is 8.94. The third kappa shape index (κ3) is 3.46. The third-order valence-corrected chi connectivity index (χ3v) is 5.80. The van der Waals surface area contributed by atoms with E-state index >= 15 is 0 Å². The zero-order chi connectivity index (χ0) is 17.2. The first-order valence-electron chi connectivity index (χ1n) is 8.15. The van der Waals surface area contributed by atoms with Gasteiger partial charge in [0.1, 0.15) is 10.3 Å². The van der Waals surface area contributed by atoms with Gasteiger partial charge in [-0.05, 0) is 52.7 Å². The van der Waals surface area contributed by atoms with Crippen molar-refractivity contribution in [1.82, 2.24) is 9.97 Å². The summed E-state index contributed by atoms with van der Waals surface area (Å²) in [5.74, 6) is 0. The number of hydrogen-bond donors (Lipinski definition) is 0. The van der Waals surface area contributed by atoms with E-state index in [2.05, 4.69) is 36.8 Å². The first-order valence-corrected chi connectivity index (χ1v) is 9.76. The average Bonchev–Trinajstić information content (AvgIpc) is 2.89. The Balaban J connectivity index is 1.51. The molecule has 1 aromatic carbocycles. The largest absolute Gasteiger partial charge is 0.370 e. The SMILES string of the molecule is N#Cc1ccc(N2CCCN(c3nc4cc(Br)cnc4s3)CC2)cc1. The number of hydrogen-bond acceptors (Lipinski definition) is 6. The van der Waals surface area contributed by atoms with E-state index in [1.54, 1.807) is 11.3 Å². The number of thiazole rings is 1. The van der Waals surface area contributed by atoms with E-state index in [0.717, 1.165) is 52.6 Å². The molecule has 1 aliphatic rings. The fraction of sp³-hybridized carbons (Fsp3) is 0.278. The molecule has 1 fully saturated rings. The van der Waals surface area contributed by atoms with Crippen molar-refractivity contribution in [2.24, 2.45) is 0 Å². The van der Waals surface area contributed by atoms with E-state index in [9.17, 15) is 0 Å². The molecule has 0 unspecified atom stereocenters. The molecule has 4 rings (SSSR count). The first-order chi connectivity index (χ1) is 12.2. The number of benzene rings is 1. The fourth-order valence-electron chi connectivity index (χ4n) is 3.04. The normalized spacial score (nSPS) is 15.2. The summed E-state index contributed by atoms with van der Waals surface area (Å²) in [5.41, 5.74) is 2.83. The monoisotopic (exact) mass is 413 g/mol. The Labute approximate surface area is 158 Å². The number of rotatable bonds is 2. The van der Waals surface area contributed by atoms with E-state index in [0.29, 0.717) is 5.56 Å². The second kappa shape index (κ2) is 6.98. The summed E-state index contributed by atoms with van der Waals surface area (Å²) in [5, 5.41) is 9.98. The lowest BCUT2D eigenvalue weighted by Crippen LogP contribution is -2.30. The topological polar surface area (TPSA) is 56.1 Å². The van der Waals surface area contributed by atoms with Crippen LogP contribution in [0.2, 0.25) is 0 Å². The Morgan fingerprint density at radius 2 is 1.84 bits per heavy atom. The van der Waals surface area contributed by atoms with Crippen molar-refractivity contribution in [2.75, 3.05) is 36.0 Å². The molecule has 0 N–H and O–H groups in total. The van der Waals surface area contributed by atoms with Crippen LogP contribution < -0.4 is 9.80 Å². The van der Waals surface area contributed by atoms with Crippen molar-refractivity contribution in [3.63, 3.8) is 0 Å². The molecule has 1 aliphatic heterocycles. The summed E-state index contributed by atoms with van der Waals surface area (Å²) in [6.45, 7) is 3.88. The fourth-order valence-corrected chi connectivity index (χ4v) is 4.30. The van der Waals surface area contributed by atoms with Gasteiger partial charge in [-0.2, -0.15) is 5.26 Å². The molecule has 7 heteroatoms. The molecule has 126 valence electrons. The molecular weight excluding hydrogens is 398 g/mol. The van der Waals surface area contributed by atoms with Crippen molar-refractivity contribution < 1.29 is 0 Å². The summed E-state index contributed by atoms with van der Waals surface area (Å²) in [6.07, 6.45) is 2.90. The lowest BCUT2D eigenvalue weighted by molar-refractivity contribution is 0.805. The average molecular weight is 414 g/mol. The summed E-state index contributed by atoms with van der Waals surface area (Å²) < 4.78 is 0.958. The second-order valence-electron chi connectivity index (χ2n) is 5.96. The molecule has 0 aliphatic carbocycles. The van der Waals surface area contributed by atoms with Gasteiger partial charge < -0.3 is 9.80 Å². The van der Waals surface area contributed by atoms with Crippen molar-refractivity contribution in [2.45, 2.75) is 6.42 Å². The summed E-state index contributed by atoms with van der Waals surface area (Å²) in [4.78, 5) is 14.9. The van der Waals surface area contributed by atoms with Crippen LogP contribution in [0.5, 0.6) is 0 Å². The molecule has 0 spiro atoms. The van der Waals surface area contributed by atoms with E-state index in [1.807, 2.05) is 36.5 Å². The molecule has 0 bridgehead atoms. The molecule has 3 aromatic rings. The third-order valence-electron chi connectivity index (χ3n) is 4.33. The highest BCUT2D eigenvalue weighted by Crippen LogP contribution is 2.30. The number of aromatic nitrogens is 2. The van der Waals surface area contributed by atoms with Gasteiger partial charge in [0.2, 0.25) is 0 Å². The van der Waals surface area contributed by atoms with Gasteiger partial charge in [-0.25, -0.2) is 9.97 Å². The maximum Gasteiger partial charge on any atom is 0.188 e. The molecular formula is C18H16BrN5S. The van der Waals surface area contributed by atoms with Crippen molar-refractivity contribution in [3.8, 4) is 6.07 Å². The summed E-state index contributed by atoms with van der Waals surface area (Å²) >= 11 is 5.11. The standard InChI is InChI=1S/C18H16BrN5S/c19-14-10-16-17(21-12-14)25-18(22-16)24-7-1-6-23(8-9-24)15-4-2-13(11-20)3-5-15/h2-5,10,12H,1,6-9H2. The minimum Gasteiger partial charge on any atom is -0.370 e. The van der Waals surface area contributed by atoms with Gasteiger partial charge in [0.25, 0.3) is 0 Å². The zero-order valence-electron chi connectivity index (χ0n) is 13.5. The molecule has 0 amide bonds. The predicted octanol–water partition coefficient (Wildman–Crippen LogP) is 4.04. The Kier molecular flexibility index (Phi) is 4.55. The Bertz CT molecular complexity index is 931. The van der Waals surface area contributed by atoms with Gasteiger partial charge in [-0.15, -0.1) is 0 Å². The van der Waals surface area contributed by atoms with Crippen molar-refractivity contribution >= 4 is 48.4 Å². The molecule has 25 heavy (non-hydrogen) atoms. The Hall–Kier alpha value is -2.17. The highest BCUT2D eigenvalue weighted by molar-refractivity contribution is 9.10. The van der Waals surface area contributed by atoms with Crippen molar-refractivity contribution in [3.05, 3.63) is 46.6 Å². The zero-order valence-corrected chi connectivity index (χ0v) is 15.9. The van der Waals surface area contributed by atoms with Crippen LogP contribution in [-0.4, -0.2) is 36.1 Å². The van der Waals surface area contributed by atoms with Crippen LogP contribution in [0.15, 0.2) is 41.0 Å². The van der Waals surface area contributed by atoms with E-state index in [1.165, 1.54) is 5.69 Å². The van der Waals surface area contributed by atoms with Crippen molar-refractivity contribution in [1.29, 1.82) is 5.26 Å². The van der Waals surface area contributed by atoms with E-state index in [4.69, 9.17) is 10.2 Å². The van der Waals surface area contributed by atoms with Crippen LogP contribution in [0.4, 0.5) is 10.8 Å². The van der Waals surface area contributed by atoms with Crippen LogP contribution in [0.3, 0.4) is 0 Å². The van der Waals surface area contributed by atoms with E-state index < -0.39 is 0 Å². The van der Waals surface area contributed by atoms with Crippen LogP contribution in [0.25, 0.3) is 10.3 Å². The Morgan fingerprint density at radius 1 is 1.08 bits per heavy atom. The summed E-state index contributed by atoms with van der Waals surface area (Å²) in [6, 6.07) is 12.0. The summed E-state index contributed by atoms with van der Waals surface area (Å²) in [7, 11) is 0. The number of nitriles is 1. The lowest BCUT2D eigenvalue weighted by Gasteiger charge is -2.23. The minimum absolute atomic E-state index is 0.702. The molecule has 1 saturated heterocycles. The van der Waals surface area contributed by atoms with E-state index in [-0.39, 0.29) is 0 Å². The van der Waals surface area contributed by atoms with Gasteiger partial charge in [0.15, 0.2) is 5.13 Å². The molecule has 0 atom stereocenters. The van der Waals surface area contributed by atoms with Gasteiger partial charge >= 0.3 is 0 Å². The second-order valence-corrected chi connectivity index (χ2v) is 7.83. The molecule has 2 aromatic heterocycles. The number of halogens is 1. The highest BCUT2D eigenvalue weighted by Gasteiger charge is 2.18. The number of pyridine rings is 1. The molecule has 3 heterocycles. The quantitative estimate of drug-likeness (QED) is 0.634. The smallest absolute Gasteiger partial charge is 0.188 e. The number of anilines is 2. The first kappa shape index (κ1) is 16.3. The van der Waals surface area contributed by atoms with Gasteiger partial charge in [-0.3, -0.25) is 0 Å². The van der Waals surface area contributed by atoms with Crippen LogP contribution in [0, 0.1) is 11.3 Å². The van der Waals surface area contributed by atoms with Crippen LogP contribution in [-0.2, 0) is 0 Å². The molecule has 5 nitrogen and oxygen atoms in total. The van der Waals surface area contributed by atoms with Gasteiger partial charge in [0, 0.05) is 42.5 Å². The predicted molar refractivity (Wildman–Crippen MR) is 105 cm³/mol.